The van der Waals surface area contributed by atoms with E-state index in [-0.39, 0.29) is 5.91 Å². The summed E-state index contributed by atoms with van der Waals surface area (Å²) in [5, 5.41) is 8.06. The first-order valence-electron chi connectivity index (χ1n) is 5.85. The van der Waals surface area contributed by atoms with Crippen molar-refractivity contribution in [1.29, 1.82) is 0 Å². The maximum Gasteiger partial charge on any atom is 0.271 e. The van der Waals surface area contributed by atoms with Crippen LogP contribution >= 0.6 is 22.7 Å². The van der Waals surface area contributed by atoms with E-state index in [1.165, 1.54) is 22.7 Å². The minimum absolute atomic E-state index is 0.187. The van der Waals surface area contributed by atoms with E-state index in [2.05, 4.69) is 20.3 Å². The monoisotopic (exact) mass is 302 g/mol. The molecule has 0 spiro atoms. The number of thiazole rings is 2. The second-order valence-corrected chi connectivity index (χ2v) is 5.67. The average molecular weight is 302 g/mol. The van der Waals surface area contributed by atoms with Crippen LogP contribution in [0.25, 0.3) is 10.0 Å². The topological polar surface area (TPSA) is 67.8 Å². The molecule has 0 atom stereocenters. The SMILES string of the molecule is O=C(NCc1cccnc1)c1csc(-c2nccs2)n1. The van der Waals surface area contributed by atoms with E-state index in [1.54, 1.807) is 24.0 Å². The Morgan fingerprint density at radius 1 is 1.25 bits per heavy atom. The second-order valence-electron chi connectivity index (χ2n) is 3.92. The third-order valence-electron chi connectivity index (χ3n) is 2.53. The molecule has 20 heavy (non-hydrogen) atoms. The molecule has 0 aliphatic carbocycles. The lowest BCUT2D eigenvalue weighted by atomic mass is 10.3. The number of hydrogen-bond donors (Lipinski definition) is 1. The van der Waals surface area contributed by atoms with Crippen molar-refractivity contribution in [3.05, 3.63) is 52.7 Å². The van der Waals surface area contributed by atoms with Crippen LogP contribution in [0.4, 0.5) is 0 Å². The number of carbonyl (C=O) groups excluding carboxylic acids is 1. The smallest absolute Gasteiger partial charge is 0.271 e. The van der Waals surface area contributed by atoms with E-state index in [4.69, 9.17) is 0 Å². The van der Waals surface area contributed by atoms with Gasteiger partial charge in [0.05, 0.1) is 0 Å². The number of hydrogen-bond acceptors (Lipinski definition) is 6. The highest BCUT2D eigenvalue weighted by atomic mass is 32.1. The zero-order valence-corrected chi connectivity index (χ0v) is 11.9. The van der Waals surface area contributed by atoms with Gasteiger partial charge in [0.15, 0.2) is 10.0 Å². The van der Waals surface area contributed by atoms with E-state index in [0.717, 1.165) is 15.6 Å². The molecule has 0 saturated heterocycles. The van der Waals surface area contributed by atoms with Crippen molar-refractivity contribution in [1.82, 2.24) is 20.3 Å². The molecule has 100 valence electrons. The molecule has 0 fully saturated rings. The van der Waals surface area contributed by atoms with Crippen LogP contribution in [0, 0.1) is 0 Å². The Labute approximate surface area is 123 Å². The lowest BCUT2D eigenvalue weighted by Gasteiger charge is -2.02. The van der Waals surface area contributed by atoms with Gasteiger partial charge in [-0.25, -0.2) is 9.97 Å². The minimum Gasteiger partial charge on any atom is -0.347 e. The largest absolute Gasteiger partial charge is 0.347 e. The molecular weight excluding hydrogens is 292 g/mol. The van der Waals surface area contributed by atoms with E-state index in [9.17, 15) is 4.79 Å². The average Bonchev–Trinajstić information content (AvgIpc) is 3.16. The predicted molar refractivity (Wildman–Crippen MR) is 78.6 cm³/mol. The van der Waals surface area contributed by atoms with Gasteiger partial charge in [-0.3, -0.25) is 9.78 Å². The predicted octanol–water partition coefficient (Wildman–Crippen LogP) is 2.59. The normalized spacial score (nSPS) is 10.4. The summed E-state index contributed by atoms with van der Waals surface area (Å²) in [7, 11) is 0. The van der Waals surface area contributed by atoms with Crippen LogP contribution in [0.1, 0.15) is 16.1 Å². The number of nitrogens with zero attached hydrogens (tertiary/aromatic N) is 3. The molecule has 0 aliphatic heterocycles. The van der Waals surface area contributed by atoms with Gasteiger partial charge in [-0.05, 0) is 11.6 Å². The van der Waals surface area contributed by atoms with Gasteiger partial charge in [0.1, 0.15) is 5.69 Å². The standard InChI is InChI=1S/C13H10N4OS2/c18-11(16-7-9-2-1-3-14-6-9)10-8-20-13(17-10)12-15-4-5-19-12/h1-6,8H,7H2,(H,16,18). The van der Waals surface area contributed by atoms with Gasteiger partial charge in [0.25, 0.3) is 5.91 Å². The number of aromatic nitrogens is 3. The number of pyridine rings is 1. The summed E-state index contributed by atoms with van der Waals surface area (Å²) in [5.74, 6) is -0.187. The molecule has 1 N–H and O–H groups in total. The summed E-state index contributed by atoms with van der Waals surface area (Å²) >= 11 is 2.93. The van der Waals surface area contributed by atoms with Gasteiger partial charge in [0.2, 0.25) is 0 Å². The Kier molecular flexibility index (Phi) is 3.80. The summed E-state index contributed by atoms with van der Waals surface area (Å²) < 4.78 is 0. The van der Waals surface area contributed by atoms with Gasteiger partial charge in [0, 0.05) is 35.9 Å². The first-order valence-corrected chi connectivity index (χ1v) is 7.61. The van der Waals surface area contributed by atoms with Gasteiger partial charge in [-0.2, -0.15) is 0 Å². The van der Waals surface area contributed by atoms with Crippen molar-refractivity contribution in [2.75, 3.05) is 0 Å². The Morgan fingerprint density at radius 3 is 2.95 bits per heavy atom. The van der Waals surface area contributed by atoms with Crippen molar-refractivity contribution in [2.45, 2.75) is 6.54 Å². The molecule has 0 bridgehead atoms. The van der Waals surface area contributed by atoms with Crippen LogP contribution in [-0.4, -0.2) is 20.9 Å². The highest BCUT2D eigenvalue weighted by molar-refractivity contribution is 7.19. The maximum absolute atomic E-state index is 12.0. The summed E-state index contributed by atoms with van der Waals surface area (Å²) in [6.45, 7) is 0.441. The Morgan fingerprint density at radius 2 is 2.20 bits per heavy atom. The fraction of sp³-hybridized carbons (Fsp3) is 0.0769. The van der Waals surface area contributed by atoms with Crippen molar-refractivity contribution < 1.29 is 4.79 Å². The summed E-state index contributed by atoms with van der Waals surface area (Å²) in [5.41, 5.74) is 1.38. The van der Waals surface area contributed by atoms with Crippen LogP contribution in [-0.2, 0) is 6.54 Å². The number of nitrogens with one attached hydrogen (secondary N) is 1. The van der Waals surface area contributed by atoms with Crippen LogP contribution in [0.3, 0.4) is 0 Å². The zero-order chi connectivity index (χ0) is 13.8. The van der Waals surface area contributed by atoms with Crippen molar-refractivity contribution in [3.8, 4) is 10.0 Å². The zero-order valence-electron chi connectivity index (χ0n) is 10.3. The molecule has 3 rings (SSSR count). The van der Waals surface area contributed by atoms with Gasteiger partial charge < -0.3 is 5.32 Å². The molecule has 1 amide bonds. The van der Waals surface area contributed by atoms with Crippen molar-refractivity contribution in [2.24, 2.45) is 0 Å². The molecular formula is C13H10N4OS2. The lowest BCUT2D eigenvalue weighted by Crippen LogP contribution is -2.23. The maximum atomic E-state index is 12.0. The van der Waals surface area contributed by atoms with E-state index >= 15 is 0 Å². The van der Waals surface area contributed by atoms with E-state index < -0.39 is 0 Å². The summed E-state index contributed by atoms with van der Waals surface area (Å²) in [6.07, 6.45) is 5.15. The molecule has 3 heterocycles. The van der Waals surface area contributed by atoms with Crippen molar-refractivity contribution >= 4 is 28.6 Å². The molecule has 0 aliphatic rings. The molecule has 0 aromatic carbocycles. The first-order chi connectivity index (χ1) is 9.83. The fourth-order valence-corrected chi connectivity index (χ4v) is 3.08. The van der Waals surface area contributed by atoms with E-state index in [1.807, 2.05) is 17.5 Å². The van der Waals surface area contributed by atoms with Crippen LogP contribution in [0.2, 0.25) is 0 Å². The molecule has 5 nitrogen and oxygen atoms in total. The van der Waals surface area contributed by atoms with Gasteiger partial charge >= 0.3 is 0 Å². The third kappa shape index (κ3) is 2.89. The second kappa shape index (κ2) is 5.89. The molecule has 3 aromatic rings. The number of carbonyl (C=O) groups is 1. The van der Waals surface area contributed by atoms with Gasteiger partial charge in [-0.1, -0.05) is 6.07 Å². The quantitative estimate of drug-likeness (QED) is 0.804. The summed E-state index contributed by atoms with van der Waals surface area (Å²) in [6, 6.07) is 3.75. The fourth-order valence-electron chi connectivity index (χ4n) is 1.58. The molecule has 7 heteroatoms. The molecule has 0 radical (unpaired) electrons. The molecule has 0 unspecified atom stereocenters. The highest BCUT2D eigenvalue weighted by Crippen LogP contribution is 2.25. The highest BCUT2D eigenvalue weighted by Gasteiger charge is 2.12. The Bertz CT molecular complexity index is 694. The number of amides is 1. The van der Waals surface area contributed by atoms with E-state index in [0.29, 0.717) is 12.2 Å². The third-order valence-corrected chi connectivity index (χ3v) is 4.29. The van der Waals surface area contributed by atoms with Crippen LogP contribution in [0.5, 0.6) is 0 Å². The minimum atomic E-state index is -0.187. The van der Waals surface area contributed by atoms with Gasteiger partial charge in [-0.15, -0.1) is 22.7 Å². The Hall–Kier alpha value is -2.12. The molecule has 3 aromatic heterocycles. The van der Waals surface area contributed by atoms with Crippen LogP contribution in [0.15, 0.2) is 41.5 Å². The Balaban J connectivity index is 1.66. The lowest BCUT2D eigenvalue weighted by molar-refractivity contribution is 0.0946. The van der Waals surface area contributed by atoms with Crippen molar-refractivity contribution in [3.63, 3.8) is 0 Å². The first kappa shape index (κ1) is 12.9. The number of rotatable bonds is 4. The molecule has 0 saturated carbocycles. The summed E-state index contributed by atoms with van der Waals surface area (Å²) in [4.78, 5) is 24.5. The van der Waals surface area contributed by atoms with Crippen LogP contribution < -0.4 is 5.32 Å².